The lowest BCUT2D eigenvalue weighted by Gasteiger charge is -2.15. The largest absolute Gasteiger partial charge is 0.462 e. The number of esters is 2. The molecule has 52 heavy (non-hydrogen) atoms. The van der Waals surface area contributed by atoms with E-state index in [-0.39, 0.29) is 25.6 Å². The molecular weight excluding hydrogens is 645 g/mol. The molecule has 1 unspecified atom stereocenters. The summed E-state index contributed by atoms with van der Waals surface area (Å²) in [6.45, 7) is 3.90. The molecule has 0 aromatic rings. The average molecular weight is 721 g/mol. The summed E-state index contributed by atoms with van der Waals surface area (Å²) in [6, 6.07) is 0. The van der Waals surface area contributed by atoms with Gasteiger partial charge in [0.05, 0.1) is 13.0 Å². The second-order valence-electron chi connectivity index (χ2n) is 13.3. The van der Waals surface area contributed by atoms with E-state index in [4.69, 9.17) is 9.47 Å². The fourth-order valence-electron chi connectivity index (χ4n) is 5.28. The number of carbonyl (C=O) groups excluding carboxylic acids is 2. The summed E-state index contributed by atoms with van der Waals surface area (Å²) in [5.74, 6) is -0.755. The monoisotopic (exact) mass is 721 g/mol. The average Bonchev–Trinajstić information content (AvgIpc) is 3.15. The van der Waals surface area contributed by atoms with Crippen LogP contribution in [0.4, 0.5) is 0 Å². The van der Waals surface area contributed by atoms with Crippen LogP contribution < -0.4 is 0 Å². The fourth-order valence-corrected chi connectivity index (χ4v) is 5.28. The number of hydrogen-bond acceptors (Lipinski definition) is 5. The number of hydrogen-bond donors (Lipinski definition) is 1. The van der Waals surface area contributed by atoms with Crippen molar-refractivity contribution in [3.8, 4) is 0 Å². The smallest absolute Gasteiger partial charge is 0.310 e. The number of allylic oxidation sites excluding steroid dienone is 15. The van der Waals surface area contributed by atoms with Gasteiger partial charge in [-0.1, -0.05) is 175 Å². The molecule has 5 nitrogen and oxygen atoms in total. The van der Waals surface area contributed by atoms with Crippen molar-refractivity contribution < 1.29 is 24.2 Å². The summed E-state index contributed by atoms with van der Waals surface area (Å²) >= 11 is 0. The number of rotatable bonds is 36. The molecule has 1 N–H and O–H groups in total. The Morgan fingerprint density at radius 2 is 0.885 bits per heavy atom. The lowest BCUT2D eigenvalue weighted by Crippen LogP contribution is -2.28. The van der Waals surface area contributed by atoms with Gasteiger partial charge >= 0.3 is 11.9 Å². The Morgan fingerprint density at radius 1 is 0.481 bits per heavy atom. The van der Waals surface area contributed by atoms with Crippen LogP contribution in [0, 0.1) is 0 Å². The normalized spacial score (nSPS) is 13.2. The summed E-state index contributed by atoms with van der Waals surface area (Å²) in [6.07, 6.45) is 59.2. The van der Waals surface area contributed by atoms with Crippen LogP contribution in [0.15, 0.2) is 97.2 Å². The minimum absolute atomic E-state index is 0.115. The number of aliphatic hydroxyl groups excluding tert-OH is 1. The summed E-state index contributed by atoms with van der Waals surface area (Å²) < 4.78 is 10.5. The topological polar surface area (TPSA) is 72.8 Å². The van der Waals surface area contributed by atoms with E-state index in [9.17, 15) is 14.7 Å². The summed E-state index contributed by atoms with van der Waals surface area (Å²) in [5.41, 5.74) is 0. The van der Waals surface area contributed by atoms with Crippen molar-refractivity contribution >= 4 is 11.9 Å². The van der Waals surface area contributed by atoms with Crippen LogP contribution in [0.5, 0.6) is 0 Å². The molecule has 5 heteroatoms. The van der Waals surface area contributed by atoms with E-state index in [1.54, 1.807) is 6.08 Å². The number of unbranched alkanes of at least 4 members (excludes halogenated alkanes) is 13. The van der Waals surface area contributed by atoms with Crippen LogP contribution in [0.25, 0.3) is 0 Å². The molecule has 0 aliphatic heterocycles. The molecule has 0 aromatic heterocycles. The fraction of sp³-hybridized carbons (Fsp3) is 0.617. The first-order valence-corrected chi connectivity index (χ1v) is 20.8. The van der Waals surface area contributed by atoms with E-state index in [0.717, 1.165) is 70.6 Å². The Bertz CT molecular complexity index is 1040. The van der Waals surface area contributed by atoms with Gasteiger partial charge in [-0.2, -0.15) is 0 Å². The van der Waals surface area contributed by atoms with Gasteiger partial charge in [-0.05, 0) is 77.0 Å². The van der Waals surface area contributed by atoms with Crippen LogP contribution >= 0.6 is 0 Å². The molecule has 0 rings (SSSR count). The van der Waals surface area contributed by atoms with Crippen LogP contribution in [-0.2, 0) is 19.1 Å². The maximum absolute atomic E-state index is 12.1. The van der Waals surface area contributed by atoms with Gasteiger partial charge in [-0.25, -0.2) is 0 Å². The second-order valence-corrected chi connectivity index (χ2v) is 13.3. The number of ether oxygens (including phenoxy) is 2. The Balaban J connectivity index is 3.68. The second kappa shape index (κ2) is 42.2. The summed E-state index contributed by atoms with van der Waals surface area (Å²) in [4.78, 5) is 24.2. The van der Waals surface area contributed by atoms with Gasteiger partial charge in [-0.15, -0.1) is 0 Å². The highest BCUT2D eigenvalue weighted by molar-refractivity contribution is 5.71. The van der Waals surface area contributed by atoms with Crippen LogP contribution in [0.1, 0.15) is 168 Å². The van der Waals surface area contributed by atoms with Crippen molar-refractivity contribution in [3.05, 3.63) is 97.2 Å². The molecular formula is C47H76O5. The van der Waals surface area contributed by atoms with Gasteiger partial charge in [0.15, 0.2) is 6.10 Å². The maximum Gasteiger partial charge on any atom is 0.310 e. The highest BCUT2D eigenvalue weighted by atomic mass is 16.6. The molecule has 0 saturated heterocycles. The van der Waals surface area contributed by atoms with Gasteiger partial charge < -0.3 is 14.6 Å². The lowest BCUT2D eigenvalue weighted by atomic mass is 10.1. The van der Waals surface area contributed by atoms with Crippen LogP contribution in [0.2, 0.25) is 0 Å². The van der Waals surface area contributed by atoms with E-state index >= 15 is 0 Å². The van der Waals surface area contributed by atoms with Gasteiger partial charge in [0.2, 0.25) is 0 Å². The van der Waals surface area contributed by atoms with Crippen molar-refractivity contribution in [2.75, 3.05) is 13.2 Å². The summed E-state index contributed by atoms with van der Waals surface area (Å²) in [5, 5.41) is 9.54. The standard InChI is InChI=1S/C47H76O5/c1-3-5-7-9-11-13-15-17-19-20-21-22-23-24-25-26-28-29-31-33-35-37-39-41-46(49)51-44-45(43-48)52-47(50)42-40-38-36-34-32-30-27-18-16-14-12-10-8-6-4-2/h6,8,12,14-15,17-18,20-21,23-24,27,32,34,38,40,45,48H,3-5,7,9-11,13,16,19,22,25-26,28-31,33,35-37,39,41-44H2,1-2H3/b8-6-,14-12-,17-15-,21-20-,24-23-,27-18-,34-32-,40-38-. The van der Waals surface area contributed by atoms with Crippen molar-refractivity contribution in [2.45, 2.75) is 174 Å². The number of aliphatic hydroxyl groups is 1. The molecule has 0 saturated carbocycles. The quantitative estimate of drug-likeness (QED) is 0.0396. The summed E-state index contributed by atoms with van der Waals surface area (Å²) in [7, 11) is 0. The van der Waals surface area contributed by atoms with Crippen molar-refractivity contribution in [1.29, 1.82) is 0 Å². The van der Waals surface area contributed by atoms with E-state index < -0.39 is 12.1 Å². The molecule has 0 aliphatic carbocycles. The maximum atomic E-state index is 12.1. The molecule has 0 heterocycles. The SMILES string of the molecule is CC/C=C\C/C=C\C/C=C\C/C=C\C/C=C\CC(=O)OC(CO)COC(=O)CCCCCCCCCC/C=C\C/C=C\C/C=C\CCCCCCC. The molecule has 0 bridgehead atoms. The lowest BCUT2D eigenvalue weighted by molar-refractivity contribution is -0.160. The highest BCUT2D eigenvalue weighted by Gasteiger charge is 2.15. The van der Waals surface area contributed by atoms with Gasteiger partial charge in [0, 0.05) is 6.42 Å². The highest BCUT2D eigenvalue weighted by Crippen LogP contribution is 2.12. The zero-order valence-corrected chi connectivity index (χ0v) is 33.3. The van der Waals surface area contributed by atoms with Gasteiger partial charge in [-0.3, -0.25) is 9.59 Å². The van der Waals surface area contributed by atoms with Crippen molar-refractivity contribution in [1.82, 2.24) is 0 Å². The van der Waals surface area contributed by atoms with Gasteiger partial charge in [0.25, 0.3) is 0 Å². The minimum Gasteiger partial charge on any atom is -0.462 e. The predicted octanol–water partition coefficient (Wildman–Crippen LogP) is 13.3. The molecule has 0 radical (unpaired) electrons. The first-order chi connectivity index (χ1) is 25.6. The zero-order chi connectivity index (χ0) is 37.8. The zero-order valence-electron chi connectivity index (χ0n) is 33.3. The third-order valence-corrected chi connectivity index (χ3v) is 8.39. The van der Waals surface area contributed by atoms with Crippen LogP contribution in [-0.4, -0.2) is 36.4 Å². The third kappa shape index (κ3) is 39.6. The minimum atomic E-state index is -0.835. The molecule has 0 aliphatic rings. The molecule has 0 amide bonds. The van der Waals surface area contributed by atoms with Gasteiger partial charge in [0.1, 0.15) is 6.61 Å². The molecule has 0 fully saturated rings. The van der Waals surface area contributed by atoms with E-state index in [0.29, 0.717) is 6.42 Å². The van der Waals surface area contributed by atoms with Crippen LogP contribution in [0.3, 0.4) is 0 Å². The first-order valence-electron chi connectivity index (χ1n) is 20.8. The van der Waals surface area contributed by atoms with E-state index in [2.05, 4.69) is 98.9 Å². The third-order valence-electron chi connectivity index (χ3n) is 8.39. The molecule has 294 valence electrons. The molecule has 0 aromatic carbocycles. The Morgan fingerprint density at radius 3 is 1.35 bits per heavy atom. The predicted molar refractivity (Wildman–Crippen MR) is 223 cm³/mol. The Labute approximate surface area is 319 Å². The Hall–Kier alpha value is -3.18. The first kappa shape index (κ1) is 48.8. The molecule has 0 spiro atoms. The Kier molecular flexibility index (Phi) is 39.7. The number of carbonyl (C=O) groups is 2. The molecule has 1 atom stereocenters. The van der Waals surface area contributed by atoms with Crippen molar-refractivity contribution in [3.63, 3.8) is 0 Å². The van der Waals surface area contributed by atoms with Crippen molar-refractivity contribution in [2.24, 2.45) is 0 Å². The van der Waals surface area contributed by atoms with E-state index in [1.807, 2.05) is 6.08 Å². The van der Waals surface area contributed by atoms with E-state index in [1.165, 1.54) is 70.6 Å².